The molecule has 0 spiro atoms. The van der Waals surface area contributed by atoms with E-state index in [9.17, 15) is 0 Å². The lowest BCUT2D eigenvalue weighted by Crippen LogP contribution is -2.33. The van der Waals surface area contributed by atoms with Gasteiger partial charge in [0.1, 0.15) is 30.2 Å². The maximum Gasteiger partial charge on any atom is 0.184 e. The molecule has 1 saturated heterocycles. The summed E-state index contributed by atoms with van der Waals surface area (Å²) in [5, 5.41) is 38.2. The Kier molecular flexibility index (Phi) is 6.79. The van der Waals surface area contributed by atoms with E-state index in [1.165, 1.54) is 11.9 Å². The molecule has 0 amide bonds. The molecular weight excluding hydrogens is 330 g/mol. The number of nitrogens with zero attached hydrogens (tertiary/aromatic N) is 3. The average Bonchev–Trinajstić information content (AvgIpc) is 3.16. The minimum Gasteiger partial charge on any atom is -0.394 e. The van der Waals surface area contributed by atoms with Crippen molar-refractivity contribution >= 4 is 17.0 Å². The highest BCUT2D eigenvalue weighted by Crippen LogP contribution is 2.18. The molecule has 0 aromatic carbocycles. The molecular formula is C15H23N5O5. The summed E-state index contributed by atoms with van der Waals surface area (Å²) in [6.45, 7) is 4.48. The maximum atomic E-state index is 8.93. The standard InChI is InChI=1S/C10H13N5.C5H10O5/c1-7(2)3-4-11-9-8-10(13-5-12-8)15-6-14-9;6-1-2-3(7)4(8)5(9)10-2/h3,5-6H,4H2,1-2H3,(H2,11,12,13,14,15);2-9H,1H2/t;2-,3-,4-,5?/m.1/s1. The zero-order chi connectivity index (χ0) is 18.4. The Hall–Kier alpha value is -2.11. The van der Waals surface area contributed by atoms with Crippen molar-refractivity contribution in [3.05, 3.63) is 24.3 Å². The van der Waals surface area contributed by atoms with Crippen molar-refractivity contribution < 1.29 is 25.2 Å². The number of rotatable bonds is 4. The number of ether oxygens (including phenoxy) is 1. The van der Waals surface area contributed by atoms with Crippen LogP contribution in [0.25, 0.3) is 11.2 Å². The minimum absolute atomic E-state index is 0.407. The summed E-state index contributed by atoms with van der Waals surface area (Å²) in [5.74, 6) is 0.787. The van der Waals surface area contributed by atoms with Gasteiger partial charge in [0, 0.05) is 6.54 Å². The first-order valence-electron chi connectivity index (χ1n) is 7.76. The number of imidazole rings is 1. The summed E-state index contributed by atoms with van der Waals surface area (Å²) in [6, 6.07) is 0. The van der Waals surface area contributed by atoms with Crippen LogP contribution < -0.4 is 5.32 Å². The van der Waals surface area contributed by atoms with Crippen LogP contribution >= 0.6 is 0 Å². The van der Waals surface area contributed by atoms with Crippen LogP contribution in [0.1, 0.15) is 13.8 Å². The van der Waals surface area contributed by atoms with Crippen LogP contribution in [0.5, 0.6) is 0 Å². The number of aliphatic hydroxyl groups is 4. The van der Waals surface area contributed by atoms with Crippen LogP contribution in [0, 0.1) is 0 Å². The van der Waals surface area contributed by atoms with Gasteiger partial charge in [0.15, 0.2) is 17.8 Å². The van der Waals surface area contributed by atoms with Crippen molar-refractivity contribution in [1.82, 2.24) is 19.9 Å². The fourth-order valence-corrected chi connectivity index (χ4v) is 2.13. The van der Waals surface area contributed by atoms with Crippen LogP contribution in [-0.4, -0.2) is 78.1 Å². The first-order chi connectivity index (χ1) is 11.9. The van der Waals surface area contributed by atoms with Crippen LogP contribution in [0.4, 0.5) is 5.82 Å². The van der Waals surface area contributed by atoms with Crippen molar-refractivity contribution in [2.75, 3.05) is 18.5 Å². The van der Waals surface area contributed by atoms with Crippen molar-refractivity contribution in [2.45, 2.75) is 38.4 Å². The molecule has 0 bridgehead atoms. The Balaban J connectivity index is 0.000000196. The van der Waals surface area contributed by atoms with E-state index in [0.29, 0.717) is 5.65 Å². The van der Waals surface area contributed by atoms with Crippen molar-refractivity contribution in [3.63, 3.8) is 0 Å². The van der Waals surface area contributed by atoms with Gasteiger partial charge in [-0.1, -0.05) is 11.6 Å². The molecule has 25 heavy (non-hydrogen) atoms. The number of aromatic nitrogens is 4. The van der Waals surface area contributed by atoms with E-state index in [2.05, 4.69) is 49.9 Å². The lowest BCUT2D eigenvalue weighted by atomic mass is 10.1. The number of anilines is 1. The molecule has 0 aliphatic carbocycles. The van der Waals surface area contributed by atoms with E-state index in [0.717, 1.165) is 17.9 Å². The number of fused-ring (bicyclic) bond motifs is 1. The largest absolute Gasteiger partial charge is 0.394 e. The zero-order valence-electron chi connectivity index (χ0n) is 14.0. The van der Waals surface area contributed by atoms with Crippen molar-refractivity contribution in [3.8, 4) is 0 Å². The van der Waals surface area contributed by atoms with E-state index < -0.39 is 31.2 Å². The highest BCUT2D eigenvalue weighted by molar-refractivity contribution is 5.81. The third kappa shape index (κ3) is 4.94. The van der Waals surface area contributed by atoms with Gasteiger partial charge in [-0.15, -0.1) is 0 Å². The highest BCUT2D eigenvalue weighted by Gasteiger charge is 2.41. The molecule has 0 saturated carbocycles. The Morgan fingerprint density at radius 3 is 2.56 bits per heavy atom. The smallest absolute Gasteiger partial charge is 0.184 e. The Morgan fingerprint density at radius 1 is 1.24 bits per heavy atom. The van der Waals surface area contributed by atoms with E-state index in [4.69, 9.17) is 20.4 Å². The first kappa shape index (κ1) is 19.2. The van der Waals surface area contributed by atoms with Gasteiger partial charge in [0.2, 0.25) is 0 Å². The molecule has 3 rings (SSSR count). The van der Waals surface area contributed by atoms with Gasteiger partial charge in [0.05, 0.1) is 12.9 Å². The molecule has 1 unspecified atom stereocenters. The number of allylic oxidation sites excluding steroid dienone is 1. The summed E-state index contributed by atoms with van der Waals surface area (Å²) >= 11 is 0. The molecule has 138 valence electrons. The number of aromatic amines is 1. The summed E-state index contributed by atoms with van der Waals surface area (Å²) < 4.78 is 4.54. The van der Waals surface area contributed by atoms with Gasteiger partial charge < -0.3 is 35.5 Å². The van der Waals surface area contributed by atoms with Gasteiger partial charge in [0.25, 0.3) is 0 Å². The number of nitrogens with one attached hydrogen (secondary N) is 2. The second-order valence-corrected chi connectivity index (χ2v) is 5.71. The van der Waals surface area contributed by atoms with Gasteiger partial charge in [-0.3, -0.25) is 0 Å². The topological polar surface area (TPSA) is 157 Å². The Bertz CT molecular complexity index is 702. The predicted octanol–water partition coefficient (Wildman–Crippen LogP) is -0.851. The van der Waals surface area contributed by atoms with Gasteiger partial charge in [-0.25, -0.2) is 15.0 Å². The lowest BCUT2D eigenvalue weighted by molar-refractivity contribution is -0.132. The molecule has 2 aromatic rings. The molecule has 0 radical (unpaired) electrons. The number of hydrogen-bond acceptors (Lipinski definition) is 9. The Labute approximate surface area is 144 Å². The molecule has 1 aliphatic heterocycles. The SMILES string of the molecule is CC(C)=CCNc1ncnc2nc[nH]c12.OC[C@H]1OC(O)[C@H](O)[C@@H]1O. The lowest BCUT2D eigenvalue weighted by Gasteiger charge is -2.09. The molecule has 10 heteroatoms. The van der Waals surface area contributed by atoms with Gasteiger partial charge in [-0.05, 0) is 13.8 Å². The second kappa shape index (κ2) is 8.83. The van der Waals surface area contributed by atoms with Crippen LogP contribution in [-0.2, 0) is 4.74 Å². The average molecular weight is 353 g/mol. The molecule has 3 heterocycles. The van der Waals surface area contributed by atoms with E-state index in [1.807, 2.05) is 0 Å². The zero-order valence-corrected chi connectivity index (χ0v) is 14.0. The second-order valence-electron chi connectivity index (χ2n) is 5.71. The summed E-state index contributed by atoms with van der Waals surface area (Å²) in [5.41, 5.74) is 2.81. The van der Waals surface area contributed by atoms with Gasteiger partial charge in [-0.2, -0.15) is 0 Å². The third-order valence-electron chi connectivity index (χ3n) is 3.52. The van der Waals surface area contributed by atoms with Crippen LogP contribution in [0.3, 0.4) is 0 Å². The number of hydrogen-bond donors (Lipinski definition) is 6. The van der Waals surface area contributed by atoms with Crippen LogP contribution in [0.2, 0.25) is 0 Å². The van der Waals surface area contributed by atoms with Crippen molar-refractivity contribution in [2.24, 2.45) is 0 Å². The highest BCUT2D eigenvalue weighted by atomic mass is 16.6. The fraction of sp³-hybridized carbons (Fsp3) is 0.533. The normalized spacial score (nSPS) is 25.4. The third-order valence-corrected chi connectivity index (χ3v) is 3.52. The molecule has 4 atom stereocenters. The Morgan fingerprint density at radius 2 is 2.00 bits per heavy atom. The molecule has 10 nitrogen and oxygen atoms in total. The van der Waals surface area contributed by atoms with E-state index in [1.54, 1.807) is 6.33 Å². The van der Waals surface area contributed by atoms with Crippen molar-refractivity contribution in [1.29, 1.82) is 0 Å². The summed E-state index contributed by atoms with van der Waals surface area (Å²) in [4.78, 5) is 15.3. The van der Waals surface area contributed by atoms with Gasteiger partial charge >= 0.3 is 0 Å². The number of aliphatic hydroxyl groups excluding tert-OH is 4. The monoisotopic (exact) mass is 353 g/mol. The molecule has 1 fully saturated rings. The molecule has 1 aliphatic rings. The predicted molar refractivity (Wildman–Crippen MR) is 89.6 cm³/mol. The van der Waals surface area contributed by atoms with Crippen LogP contribution in [0.15, 0.2) is 24.3 Å². The molecule has 2 aromatic heterocycles. The van der Waals surface area contributed by atoms with E-state index >= 15 is 0 Å². The maximum absolute atomic E-state index is 8.93. The summed E-state index contributed by atoms with van der Waals surface area (Å²) in [7, 11) is 0. The molecule has 6 N–H and O–H groups in total. The fourth-order valence-electron chi connectivity index (χ4n) is 2.13. The number of H-pyrrole nitrogens is 1. The first-order valence-corrected chi connectivity index (χ1v) is 7.76. The minimum atomic E-state index is -1.38. The van der Waals surface area contributed by atoms with E-state index in [-0.39, 0.29) is 0 Å². The summed E-state index contributed by atoms with van der Waals surface area (Å²) in [6.07, 6.45) is 0.471. The quantitative estimate of drug-likeness (QED) is 0.385.